The van der Waals surface area contributed by atoms with Crippen LogP contribution in [0, 0.1) is 12.8 Å². The van der Waals surface area contributed by atoms with Gasteiger partial charge in [-0.1, -0.05) is 78.9 Å². The van der Waals surface area contributed by atoms with Gasteiger partial charge in [0.05, 0.1) is 18.8 Å². The number of fused-ring (bicyclic) bond motifs is 1. The van der Waals surface area contributed by atoms with E-state index in [0.29, 0.717) is 24.0 Å². The third-order valence-corrected chi connectivity index (χ3v) is 8.90. The monoisotopic (exact) mass is 589 g/mol. The molecule has 0 saturated carbocycles. The van der Waals surface area contributed by atoms with E-state index >= 15 is 0 Å². The SMILES string of the molecule is Cc1cc(C(=O)C[C@@H](Cc2ccccc2)[C@H](O)CCCc2cccc3c2OCC3)cc(C(=O)N(C)[C@H](C)c2ccccc2)c1. The smallest absolute Gasteiger partial charge is 0.254 e. The van der Waals surface area contributed by atoms with Crippen molar-refractivity contribution >= 4 is 11.7 Å². The van der Waals surface area contributed by atoms with Crippen molar-refractivity contribution in [2.45, 2.75) is 64.5 Å². The molecule has 4 aromatic rings. The van der Waals surface area contributed by atoms with E-state index in [2.05, 4.69) is 18.2 Å². The Morgan fingerprint density at radius 2 is 1.61 bits per heavy atom. The van der Waals surface area contributed by atoms with Gasteiger partial charge in [0.1, 0.15) is 5.75 Å². The van der Waals surface area contributed by atoms with Gasteiger partial charge in [-0.3, -0.25) is 9.59 Å². The number of hydrogen-bond donors (Lipinski definition) is 1. The number of ketones is 1. The van der Waals surface area contributed by atoms with E-state index in [9.17, 15) is 14.7 Å². The Bertz CT molecular complexity index is 1570. The molecule has 5 heteroatoms. The van der Waals surface area contributed by atoms with Gasteiger partial charge >= 0.3 is 0 Å². The molecule has 4 aromatic carbocycles. The molecule has 0 saturated heterocycles. The van der Waals surface area contributed by atoms with Gasteiger partial charge in [-0.2, -0.15) is 0 Å². The minimum atomic E-state index is -0.638. The quantitative estimate of drug-likeness (QED) is 0.163. The molecule has 5 rings (SSSR count). The predicted octanol–water partition coefficient (Wildman–Crippen LogP) is 7.58. The van der Waals surface area contributed by atoms with Gasteiger partial charge in [0.25, 0.3) is 5.91 Å². The first-order valence-electron chi connectivity index (χ1n) is 15.7. The number of aryl methyl sites for hydroxylation is 2. The number of aliphatic hydroxyl groups is 1. The predicted molar refractivity (Wildman–Crippen MR) is 175 cm³/mol. The van der Waals surface area contributed by atoms with E-state index in [1.54, 1.807) is 18.0 Å². The van der Waals surface area contributed by atoms with Crippen molar-refractivity contribution < 1.29 is 19.4 Å². The largest absolute Gasteiger partial charge is 0.493 e. The van der Waals surface area contributed by atoms with Crippen molar-refractivity contribution in [1.82, 2.24) is 4.90 Å². The minimum Gasteiger partial charge on any atom is -0.493 e. The van der Waals surface area contributed by atoms with Gasteiger partial charge in [-0.25, -0.2) is 0 Å². The number of carbonyl (C=O) groups excluding carboxylic acids is 2. The lowest BCUT2D eigenvalue weighted by atomic mass is 9.85. The molecule has 0 spiro atoms. The maximum Gasteiger partial charge on any atom is 0.254 e. The fraction of sp³-hybridized carbons (Fsp3) is 0.333. The topological polar surface area (TPSA) is 66.8 Å². The van der Waals surface area contributed by atoms with E-state index in [-0.39, 0.29) is 30.1 Å². The number of carbonyl (C=O) groups is 2. The molecule has 0 aliphatic carbocycles. The molecule has 1 aliphatic heterocycles. The molecule has 228 valence electrons. The number of Topliss-reactive ketones (excluding diaryl/α,β-unsaturated/α-hetero) is 1. The Hall–Kier alpha value is -4.22. The normalized spacial score (nSPS) is 14.3. The fourth-order valence-corrected chi connectivity index (χ4v) is 6.24. The van der Waals surface area contributed by atoms with Gasteiger partial charge in [0, 0.05) is 31.0 Å². The van der Waals surface area contributed by atoms with Crippen molar-refractivity contribution in [2.24, 2.45) is 5.92 Å². The third-order valence-electron chi connectivity index (χ3n) is 8.90. The van der Waals surface area contributed by atoms with E-state index in [4.69, 9.17) is 4.74 Å². The number of para-hydroxylation sites is 1. The zero-order chi connectivity index (χ0) is 31.1. The summed E-state index contributed by atoms with van der Waals surface area (Å²) < 4.78 is 5.87. The number of aliphatic hydroxyl groups excluding tert-OH is 1. The molecule has 0 fully saturated rings. The highest BCUT2D eigenvalue weighted by Gasteiger charge is 2.26. The summed E-state index contributed by atoms with van der Waals surface area (Å²) in [4.78, 5) is 29.0. The van der Waals surface area contributed by atoms with Crippen LogP contribution in [0.1, 0.15) is 80.8 Å². The van der Waals surface area contributed by atoms with Gasteiger partial charge in [-0.05, 0) is 91.5 Å². The molecule has 44 heavy (non-hydrogen) atoms. The van der Waals surface area contributed by atoms with Crippen LogP contribution in [0.4, 0.5) is 0 Å². The average molecular weight is 590 g/mol. The van der Waals surface area contributed by atoms with E-state index < -0.39 is 6.10 Å². The van der Waals surface area contributed by atoms with Crippen LogP contribution in [0.3, 0.4) is 0 Å². The molecular weight excluding hydrogens is 546 g/mol. The number of ether oxygens (including phenoxy) is 1. The van der Waals surface area contributed by atoms with E-state index in [1.807, 2.05) is 86.6 Å². The molecule has 1 heterocycles. The summed E-state index contributed by atoms with van der Waals surface area (Å²) in [7, 11) is 1.80. The molecule has 5 nitrogen and oxygen atoms in total. The Kier molecular flexibility index (Phi) is 10.3. The van der Waals surface area contributed by atoms with Crippen LogP contribution in [-0.4, -0.2) is 41.5 Å². The van der Waals surface area contributed by atoms with Crippen LogP contribution in [0.15, 0.2) is 97.1 Å². The van der Waals surface area contributed by atoms with Crippen LogP contribution < -0.4 is 4.74 Å². The zero-order valence-corrected chi connectivity index (χ0v) is 26.0. The van der Waals surface area contributed by atoms with Crippen LogP contribution in [0.25, 0.3) is 0 Å². The highest BCUT2D eigenvalue weighted by Crippen LogP contribution is 2.31. The van der Waals surface area contributed by atoms with E-state index in [0.717, 1.165) is 48.3 Å². The number of rotatable bonds is 13. The number of hydrogen-bond acceptors (Lipinski definition) is 4. The summed E-state index contributed by atoms with van der Waals surface area (Å²) in [6.07, 6.45) is 3.33. The Balaban J connectivity index is 1.29. The Morgan fingerprint density at radius 1 is 0.909 bits per heavy atom. The van der Waals surface area contributed by atoms with Crippen molar-refractivity contribution in [3.05, 3.63) is 136 Å². The van der Waals surface area contributed by atoms with Gasteiger partial charge in [0.15, 0.2) is 5.78 Å². The second-order valence-corrected chi connectivity index (χ2v) is 12.1. The standard InChI is InChI=1S/C39H43NO4/c1-27-22-33(25-35(23-27)39(43)40(3)28(2)30-14-8-5-9-15-30)37(42)26-34(24-29-12-6-4-7-13-29)36(41)19-11-18-31-16-10-17-32-20-21-44-38(31)32/h4-10,12-17,22-23,25,28,34,36,41H,11,18-21,24,26H2,1-3H3/t28-,34-,36-/m1/s1. The van der Waals surface area contributed by atoms with Crippen LogP contribution in [-0.2, 0) is 19.3 Å². The van der Waals surface area contributed by atoms with Gasteiger partial charge < -0.3 is 14.7 Å². The molecule has 1 aliphatic rings. The molecule has 0 radical (unpaired) electrons. The molecule has 0 bridgehead atoms. The number of benzene rings is 4. The number of amides is 1. The van der Waals surface area contributed by atoms with E-state index in [1.165, 1.54) is 11.1 Å². The van der Waals surface area contributed by atoms with Crippen LogP contribution in [0.5, 0.6) is 5.75 Å². The second kappa shape index (κ2) is 14.5. The average Bonchev–Trinajstić information content (AvgIpc) is 3.54. The molecular formula is C39H43NO4. The second-order valence-electron chi connectivity index (χ2n) is 12.1. The van der Waals surface area contributed by atoms with Crippen molar-refractivity contribution in [3.8, 4) is 5.75 Å². The number of nitrogens with zero attached hydrogens (tertiary/aromatic N) is 1. The summed E-state index contributed by atoms with van der Waals surface area (Å²) in [5.41, 5.74) is 6.45. The molecule has 1 N–H and O–H groups in total. The molecule has 0 aromatic heterocycles. The van der Waals surface area contributed by atoms with Crippen molar-refractivity contribution in [2.75, 3.05) is 13.7 Å². The maximum atomic E-state index is 13.8. The Labute approximate surface area is 261 Å². The third kappa shape index (κ3) is 7.64. The summed E-state index contributed by atoms with van der Waals surface area (Å²) in [5, 5.41) is 11.4. The summed E-state index contributed by atoms with van der Waals surface area (Å²) in [5.74, 6) is 0.571. The molecule has 3 atom stereocenters. The molecule has 0 unspecified atom stereocenters. The lowest BCUT2D eigenvalue weighted by Crippen LogP contribution is -2.30. The van der Waals surface area contributed by atoms with Gasteiger partial charge in [0.2, 0.25) is 0 Å². The lowest BCUT2D eigenvalue weighted by molar-refractivity contribution is 0.0740. The van der Waals surface area contributed by atoms with Crippen molar-refractivity contribution in [1.29, 1.82) is 0 Å². The summed E-state index contributed by atoms with van der Waals surface area (Å²) in [6.45, 7) is 4.64. The van der Waals surface area contributed by atoms with Crippen LogP contribution >= 0.6 is 0 Å². The van der Waals surface area contributed by atoms with Crippen molar-refractivity contribution in [3.63, 3.8) is 0 Å². The summed E-state index contributed by atoms with van der Waals surface area (Å²) >= 11 is 0. The highest BCUT2D eigenvalue weighted by molar-refractivity contribution is 6.01. The first kappa shape index (κ1) is 31.2. The first-order chi connectivity index (χ1) is 21.3. The maximum absolute atomic E-state index is 13.8. The lowest BCUT2D eigenvalue weighted by Gasteiger charge is -2.26. The first-order valence-corrected chi connectivity index (χ1v) is 15.7. The minimum absolute atomic E-state index is 0.0595. The zero-order valence-electron chi connectivity index (χ0n) is 26.0. The van der Waals surface area contributed by atoms with Gasteiger partial charge in [-0.15, -0.1) is 0 Å². The fourth-order valence-electron chi connectivity index (χ4n) is 6.24. The van der Waals surface area contributed by atoms with Crippen LogP contribution in [0.2, 0.25) is 0 Å². The highest BCUT2D eigenvalue weighted by atomic mass is 16.5. The molecule has 1 amide bonds. The Morgan fingerprint density at radius 3 is 2.36 bits per heavy atom. The summed E-state index contributed by atoms with van der Waals surface area (Å²) in [6, 6.07) is 31.6.